The van der Waals surface area contributed by atoms with Crippen LogP contribution < -0.4 is 5.32 Å². The zero-order valence-corrected chi connectivity index (χ0v) is 13.6. The van der Waals surface area contributed by atoms with E-state index in [9.17, 15) is 13.2 Å². The molecule has 7 nitrogen and oxygen atoms in total. The Kier molecular flexibility index (Phi) is 3.98. The minimum Gasteiger partial charge on any atom is -0.478 e. The van der Waals surface area contributed by atoms with Gasteiger partial charge in [0.15, 0.2) is 9.84 Å². The molecule has 0 fully saturated rings. The highest BCUT2D eigenvalue weighted by atomic mass is 32.2. The molecule has 3 aromatic rings. The summed E-state index contributed by atoms with van der Waals surface area (Å²) in [6.45, 7) is 0.454. The van der Waals surface area contributed by atoms with Gasteiger partial charge in [0.2, 0.25) is 5.95 Å². The van der Waals surface area contributed by atoms with Crippen LogP contribution >= 0.6 is 0 Å². The van der Waals surface area contributed by atoms with Gasteiger partial charge in [0, 0.05) is 12.8 Å². The Hall–Kier alpha value is -2.87. The molecule has 1 aromatic heterocycles. The molecule has 0 unspecified atom stereocenters. The van der Waals surface area contributed by atoms with Crippen molar-refractivity contribution in [3.8, 4) is 0 Å². The van der Waals surface area contributed by atoms with Crippen LogP contribution in [0.4, 0.5) is 5.95 Å². The molecule has 3 rings (SSSR count). The predicted octanol–water partition coefficient (Wildman–Crippen LogP) is 2.28. The number of aromatic amines is 1. The minimum atomic E-state index is -3.20. The largest absolute Gasteiger partial charge is 0.478 e. The molecular weight excluding hydrogens is 330 g/mol. The molecule has 0 atom stereocenters. The molecule has 1 heterocycles. The predicted molar refractivity (Wildman–Crippen MR) is 89.9 cm³/mol. The molecule has 0 aliphatic heterocycles. The van der Waals surface area contributed by atoms with Crippen molar-refractivity contribution >= 4 is 32.8 Å². The second-order valence-electron chi connectivity index (χ2n) is 5.39. The standard InChI is InChI=1S/C16H15N3O4S/c1-24(22,23)12-5-2-10(3-6-12)9-17-16-18-13-7-4-11(15(20)21)8-14(13)19-16/h2-8H,9H2,1H3,(H,20,21)(H2,17,18,19). The van der Waals surface area contributed by atoms with Crippen molar-refractivity contribution in [3.63, 3.8) is 0 Å². The zero-order valence-electron chi connectivity index (χ0n) is 12.8. The Morgan fingerprint density at radius 2 is 1.92 bits per heavy atom. The number of nitrogens with zero attached hydrogens (tertiary/aromatic N) is 1. The average Bonchev–Trinajstić information content (AvgIpc) is 2.94. The molecule has 0 aliphatic rings. The molecule has 0 amide bonds. The summed E-state index contributed by atoms with van der Waals surface area (Å²) in [5, 5.41) is 12.1. The lowest BCUT2D eigenvalue weighted by Crippen LogP contribution is -2.02. The molecular formula is C16H15N3O4S. The van der Waals surface area contributed by atoms with Gasteiger partial charge in [-0.25, -0.2) is 18.2 Å². The molecule has 2 aromatic carbocycles. The Labute approximate surface area is 138 Å². The van der Waals surface area contributed by atoms with Crippen molar-refractivity contribution in [2.45, 2.75) is 11.4 Å². The van der Waals surface area contributed by atoms with Crippen LogP contribution in [0.2, 0.25) is 0 Å². The fourth-order valence-corrected chi connectivity index (χ4v) is 2.90. The number of carboxylic acids is 1. The molecule has 8 heteroatoms. The number of H-pyrrole nitrogens is 1. The molecule has 3 N–H and O–H groups in total. The highest BCUT2D eigenvalue weighted by Crippen LogP contribution is 2.17. The van der Waals surface area contributed by atoms with Gasteiger partial charge >= 0.3 is 5.97 Å². The highest BCUT2D eigenvalue weighted by Gasteiger charge is 2.08. The topological polar surface area (TPSA) is 112 Å². The smallest absolute Gasteiger partial charge is 0.335 e. The number of nitrogens with one attached hydrogen (secondary N) is 2. The third-order valence-electron chi connectivity index (χ3n) is 3.54. The lowest BCUT2D eigenvalue weighted by Gasteiger charge is -2.04. The average molecular weight is 345 g/mol. The third kappa shape index (κ3) is 3.38. The van der Waals surface area contributed by atoms with Gasteiger partial charge in [-0.1, -0.05) is 12.1 Å². The summed E-state index contributed by atoms with van der Waals surface area (Å²) in [7, 11) is -3.20. The van der Waals surface area contributed by atoms with Crippen molar-refractivity contribution in [1.29, 1.82) is 0 Å². The van der Waals surface area contributed by atoms with Gasteiger partial charge in [-0.2, -0.15) is 0 Å². The molecule has 0 spiro atoms. The van der Waals surface area contributed by atoms with E-state index in [2.05, 4.69) is 15.3 Å². The number of hydrogen-bond donors (Lipinski definition) is 3. The maximum Gasteiger partial charge on any atom is 0.335 e. The number of rotatable bonds is 5. The fourth-order valence-electron chi connectivity index (χ4n) is 2.27. The third-order valence-corrected chi connectivity index (χ3v) is 4.67. The van der Waals surface area contributed by atoms with Crippen LogP contribution in [0, 0.1) is 0 Å². The van der Waals surface area contributed by atoms with Crippen LogP contribution in [0.25, 0.3) is 11.0 Å². The summed E-state index contributed by atoms with van der Waals surface area (Å²) in [6, 6.07) is 11.2. The van der Waals surface area contributed by atoms with Gasteiger partial charge in [-0.3, -0.25) is 0 Å². The number of carbonyl (C=O) groups is 1. The SMILES string of the molecule is CS(=O)(=O)c1ccc(CNc2nc3ccc(C(=O)O)cc3[nH]2)cc1. The van der Waals surface area contributed by atoms with Gasteiger partial charge in [0.05, 0.1) is 21.5 Å². The summed E-state index contributed by atoms with van der Waals surface area (Å²) < 4.78 is 22.9. The Bertz CT molecular complexity index is 1010. The van der Waals surface area contributed by atoms with E-state index in [4.69, 9.17) is 5.11 Å². The number of sulfone groups is 1. The second kappa shape index (κ2) is 5.97. The van der Waals surface area contributed by atoms with E-state index >= 15 is 0 Å². The second-order valence-corrected chi connectivity index (χ2v) is 7.41. The first-order chi connectivity index (χ1) is 11.3. The molecule has 124 valence electrons. The number of aromatic carboxylic acids is 1. The molecule has 0 saturated carbocycles. The number of fused-ring (bicyclic) bond motifs is 1. The first-order valence-electron chi connectivity index (χ1n) is 7.09. The zero-order chi connectivity index (χ0) is 17.3. The van der Waals surface area contributed by atoms with Crippen molar-refractivity contribution in [3.05, 3.63) is 53.6 Å². The van der Waals surface area contributed by atoms with E-state index in [0.29, 0.717) is 23.5 Å². The van der Waals surface area contributed by atoms with Crippen molar-refractivity contribution in [2.24, 2.45) is 0 Å². The van der Waals surface area contributed by atoms with Crippen LogP contribution in [0.3, 0.4) is 0 Å². The Morgan fingerprint density at radius 3 is 2.54 bits per heavy atom. The Morgan fingerprint density at radius 1 is 1.21 bits per heavy atom. The number of imidazole rings is 1. The molecule has 0 bridgehead atoms. The van der Waals surface area contributed by atoms with Crippen LogP contribution in [-0.4, -0.2) is 35.7 Å². The summed E-state index contributed by atoms with van der Waals surface area (Å²) in [5.74, 6) is -0.480. The Balaban J connectivity index is 1.74. The van der Waals surface area contributed by atoms with Crippen LogP contribution in [0.15, 0.2) is 47.4 Å². The summed E-state index contributed by atoms with van der Waals surface area (Å²) in [6.07, 6.45) is 1.17. The van der Waals surface area contributed by atoms with E-state index in [1.165, 1.54) is 18.4 Å². The minimum absolute atomic E-state index is 0.189. The summed E-state index contributed by atoms with van der Waals surface area (Å²) in [5.41, 5.74) is 2.38. The number of carboxylic acid groups (broad SMARTS) is 1. The normalized spacial score (nSPS) is 11.5. The van der Waals surface area contributed by atoms with Gasteiger partial charge in [0.1, 0.15) is 0 Å². The maximum atomic E-state index is 11.4. The highest BCUT2D eigenvalue weighted by molar-refractivity contribution is 7.90. The van der Waals surface area contributed by atoms with Gasteiger partial charge in [-0.15, -0.1) is 0 Å². The summed E-state index contributed by atoms with van der Waals surface area (Å²) >= 11 is 0. The molecule has 0 radical (unpaired) electrons. The molecule has 0 saturated heterocycles. The first-order valence-corrected chi connectivity index (χ1v) is 8.98. The first kappa shape index (κ1) is 16.0. The van der Waals surface area contributed by atoms with Crippen molar-refractivity contribution < 1.29 is 18.3 Å². The van der Waals surface area contributed by atoms with E-state index in [-0.39, 0.29) is 10.5 Å². The summed E-state index contributed by atoms with van der Waals surface area (Å²) in [4.78, 5) is 18.6. The van der Waals surface area contributed by atoms with Crippen LogP contribution in [0.5, 0.6) is 0 Å². The molecule has 24 heavy (non-hydrogen) atoms. The van der Waals surface area contributed by atoms with E-state index in [0.717, 1.165) is 5.56 Å². The lowest BCUT2D eigenvalue weighted by molar-refractivity contribution is 0.0697. The fraction of sp³-hybridized carbons (Fsp3) is 0.125. The number of anilines is 1. The van der Waals surface area contributed by atoms with Gasteiger partial charge in [0.25, 0.3) is 0 Å². The van der Waals surface area contributed by atoms with Crippen molar-refractivity contribution in [1.82, 2.24) is 9.97 Å². The number of benzene rings is 2. The van der Waals surface area contributed by atoms with Crippen molar-refractivity contribution in [2.75, 3.05) is 11.6 Å². The van der Waals surface area contributed by atoms with Crippen LogP contribution in [-0.2, 0) is 16.4 Å². The van der Waals surface area contributed by atoms with E-state index in [1.807, 2.05) is 0 Å². The number of aromatic nitrogens is 2. The van der Waals surface area contributed by atoms with Gasteiger partial charge in [-0.05, 0) is 35.9 Å². The van der Waals surface area contributed by atoms with E-state index in [1.54, 1.807) is 30.3 Å². The lowest BCUT2D eigenvalue weighted by atomic mass is 10.2. The number of hydrogen-bond acceptors (Lipinski definition) is 5. The maximum absolute atomic E-state index is 11.4. The van der Waals surface area contributed by atoms with E-state index < -0.39 is 15.8 Å². The van der Waals surface area contributed by atoms with Gasteiger partial charge < -0.3 is 15.4 Å². The molecule has 0 aliphatic carbocycles. The van der Waals surface area contributed by atoms with Crippen LogP contribution in [0.1, 0.15) is 15.9 Å². The monoisotopic (exact) mass is 345 g/mol. The quantitative estimate of drug-likeness (QED) is 0.654.